The van der Waals surface area contributed by atoms with E-state index in [1.54, 1.807) is 29.2 Å². The van der Waals surface area contributed by atoms with Gasteiger partial charge >= 0.3 is 0 Å². The number of anilines is 1. The van der Waals surface area contributed by atoms with Gasteiger partial charge in [0, 0.05) is 15.7 Å². The van der Waals surface area contributed by atoms with Gasteiger partial charge in [0.25, 0.3) is 5.91 Å². The summed E-state index contributed by atoms with van der Waals surface area (Å²) < 4.78 is 17.1. The molecule has 2 aliphatic heterocycles. The largest absolute Gasteiger partial charge is 0.478 e. The predicted molar refractivity (Wildman–Crippen MR) is 115 cm³/mol. The lowest BCUT2D eigenvalue weighted by molar-refractivity contribution is -0.135. The zero-order valence-corrected chi connectivity index (χ0v) is 17.5. The molecule has 5 rings (SSSR count). The van der Waals surface area contributed by atoms with Crippen LogP contribution in [0.1, 0.15) is 17.2 Å². The molecule has 1 saturated heterocycles. The Bertz CT molecular complexity index is 1150. The number of benzene rings is 3. The summed E-state index contributed by atoms with van der Waals surface area (Å²) in [6, 6.07) is 17.9. The maximum Gasteiger partial charge on any atom is 0.271 e. The van der Waals surface area contributed by atoms with Gasteiger partial charge in [0.05, 0.1) is 0 Å². The van der Waals surface area contributed by atoms with E-state index >= 15 is 0 Å². The number of carbonyl (C=O) groups is 1. The first-order chi connectivity index (χ1) is 14.5. The van der Waals surface area contributed by atoms with Crippen molar-refractivity contribution in [3.63, 3.8) is 0 Å². The molecule has 1 fully saturated rings. The summed E-state index contributed by atoms with van der Waals surface area (Å²) in [6.07, 6.45) is -0.691. The number of β-lactam (4-membered cyclic amide) rings is 1. The molecule has 2 atom stereocenters. The van der Waals surface area contributed by atoms with E-state index in [1.165, 1.54) is 0 Å². The minimum atomic E-state index is -0.691. The second-order valence-electron chi connectivity index (χ2n) is 7.19. The minimum Gasteiger partial charge on any atom is -0.478 e. The number of nitrogens with zero attached hydrogens (tertiary/aromatic N) is 1. The number of aryl methyl sites for hydroxylation is 1. The fourth-order valence-electron chi connectivity index (χ4n) is 3.79. The molecule has 2 heterocycles. The fraction of sp³-hybridized carbons (Fsp3) is 0.174. The van der Waals surface area contributed by atoms with Gasteiger partial charge in [-0.2, -0.15) is 0 Å². The summed E-state index contributed by atoms with van der Waals surface area (Å²) in [5.74, 6) is 1.81. The van der Waals surface area contributed by atoms with Crippen LogP contribution in [0.4, 0.5) is 5.69 Å². The van der Waals surface area contributed by atoms with E-state index in [0.717, 1.165) is 11.1 Å². The van der Waals surface area contributed by atoms with E-state index in [1.807, 2.05) is 43.3 Å². The van der Waals surface area contributed by atoms with Crippen molar-refractivity contribution in [3.05, 3.63) is 81.8 Å². The van der Waals surface area contributed by atoms with Gasteiger partial charge in [0.2, 0.25) is 12.9 Å². The normalized spacial score (nSPS) is 19.6. The first-order valence-corrected chi connectivity index (χ1v) is 10.2. The molecule has 0 unspecified atom stereocenters. The van der Waals surface area contributed by atoms with Crippen LogP contribution in [0.5, 0.6) is 17.2 Å². The van der Waals surface area contributed by atoms with Crippen molar-refractivity contribution in [3.8, 4) is 17.2 Å². The molecule has 0 aromatic heterocycles. The molecule has 152 valence electrons. The molecule has 0 saturated carbocycles. The maximum atomic E-state index is 13.1. The zero-order valence-electron chi connectivity index (χ0n) is 16.0. The Kier molecular flexibility index (Phi) is 4.72. The summed E-state index contributed by atoms with van der Waals surface area (Å²) in [6.45, 7) is 2.08. The van der Waals surface area contributed by atoms with Crippen molar-refractivity contribution < 1.29 is 19.0 Å². The summed E-state index contributed by atoms with van der Waals surface area (Å²) >= 11 is 12.2. The fourth-order valence-corrected chi connectivity index (χ4v) is 4.21. The van der Waals surface area contributed by atoms with Crippen LogP contribution in [-0.4, -0.2) is 18.8 Å². The van der Waals surface area contributed by atoms with Crippen molar-refractivity contribution in [1.82, 2.24) is 0 Å². The van der Waals surface area contributed by atoms with Crippen molar-refractivity contribution in [1.29, 1.82) is 0 Å². The Morgan fingerprint density at radius 3 is 2.57 bits per heavy atom. The number of halogens is 2. The van der Waals surface area contributed by atoms with Crippen LogP contribution < -0.4 is 19.1 Å². The number of hydrogen-bond acceptors (Lipinski definition) is 4. The van der Waals surface area contributed by atoms with Crippen LogP contribution in [0.25, 0.3) is 0 Å². The van der Waals surface area contributed by atoms with Crippen molar-refractivity contribution in [2.24, 2.45) is 0 Å². The molecule has 5 nitrogen and oxygen atoms in total. The number of carbonyl (C=O) groups excluding carboxylic acids is 1. The van der Waals surface area contributed by atoms with Crippen LogP contribution >= 0.6 is 23.2 Å². The molecule has 3 aromatic carbocycles. The summed E-state index contributed by atoms with van der Waals surface area (Å²) in [4.78, 5) is 14.8. The minimum absolute atomic E-state index is 0.144. The Morgan fingerprint density at radius 1 is 0.967 bits per heavy atom. The average molecular weight is 442 g/mol. The Morgan fingerprint density at radius 2 is 1.77 bits per heavy atom. The third-order valence-electron chi connectivity index (χ3n) is 5.26. The topological polar surface area (TPSA) is 48.0 Å². The second kappa shape index (κ2) is 7.42. The summed E-state index contributed by atoms with van der Waals surface area (Å²) in [5.41, 5.74) is 2.46. The van der Waals surface area contributed by atoms with Gasteiger partial charge < -0.3 is 14.2 Å². The highest BCUT2D eigenvalue weighted by Crippen LogP contribution is 2.45. The van der Waals surface area contributed by atoms with Crippen LogP contribution in [-0.2, 0) is 4.79 Å². The van der Waals surface area contributed by atoms with E-state index in [0.29, 0.717) is 33.0 Å². The number of ether oxygens (including phenoxy) is 3. The second-order valence-corrected chi connectivity index (χ2v) is 8.07. The van der Waals surface area contributed by atoms with Crippen LogP contribution in [0.3, 0.4) is 0 Å². The van der Waals surface area contributed by atoms with E-state index in [4.69, 9.17) is 37.4 Å². The van der Waals surface area contributed by atoms with Crippen molar-refractivity contribution >= 4 is 34.8 Å². The van der Waals surface area contributed by atoms with Crippen LogP contribution in [0, 0.1) is 6.92 Å². The highest BCUT2D eigenvalue weighted by molar-refractivity contribution is 6.31. The summed E-state index contributed by atoms with van der Waals surface area (Å²) in [5, 5.41) is 1.18. The van der Waals surface area contributed by atoms with Gasteiger partial charge in [0.15, 0.2) is 11.5 Å². The highest BCUT2D eigenvalue weighted by atomic mass is 35.5. The molecular weight excluding hydrogens is 425 g/mol. The van der Waals surface area contributed by atoms with Gasteiger partial charge in [-0.15, -0.1) is 0 Å². The Hall–Kier alpha value is -2.89. The molecule has 7 heteroatoms. The van der Waals surface area contributed by atoms with E-state index in [9.17, 15) is 4.79 Å². The molecule has 0 N–H and O–H groups in total. The Labute approximate surface area is 183 Å². The molecular formula is C23H17Cl2NO4. The summed E-state index contributed by atoms with van der Waals surface area (Å²) in [7, 11) is 0. The smallest absolute Gasteiger partial charge is 0.271 e. The Balaban J connectivity index is 1.53. The predicted octanol–water partition coefficient (Wildman–Crippen LogP) is 5.57. The SMILES string of the molecule is Cc1cc(Cl)ccc1O[C@@H]1C(=O)N(c2cccc(Cl)c2)[C@H]1c1ccc2c(c1)OCO2. The molecule has 2 aliphatic rings. The van der Waals surface area contributed by atoms with Gasteiger partial charge in [-0.3, -0.25) is 9.69 Å². The van der Waals surface area contributed by atoms with E-state index in [2.05, 4.69) is 0 Å². The molecule has 3 aromatic rings. The quantitative estimate of drug-likeness (QED) is 0.496. The third-order valence-corrected chi connectivity index (χ3v) is 5.73. The molecule has 0 radical (unpaired) electrons. The van der Waals surface area contributed by atoms with E-state index in [-0.39, 0.29) is 18.7 Å². The monoisotopic (exact) mass is 441 g/mol. The van der Waals surface area contributed by atoms with Crippen LogP contribution in [0.2, 0.25) is 10.0 Å². The van der Waals surface area contributed by atoms with Crippen LogP contribution in [0.15, 0.2) is 60.7 Å². The number of rotatable bonds is 4. The van der Waals surface area contributed by atoms with Crippen molar-refractivity contribution in [2.75, 3.05) is 11.7 Å². The number of fused-ring (bicyclic) bond motifs is 1. The number of hydrogen-bond donors (Lipinski definition) is 0. The first-order valence-electron chi connectivity index (χ1n) is 9.42. The highest BCUT2D eigenvalue weighted by Gasteiger charge is 2.51. The molecule has 1 amide bonds. The lowest BCUT2D eigenvalue weighted by Gasteiger charge is -2.46. The van der Waals surface area contributed by atoms with Crippen molar-refractivity contribution in [2.45, 2.75) is 19.1 Å². The third kappa shape index (κ3) is 3.24. The molecule has 30 heavy (non-hydrogen) atoms. The molecule has 0 bridgehead atoms. The van der Waals surface area contributed by atoms with Gasteiger partial charge in [0.1, 0.15) is 11.8 Å². The van der Waals surface area contributed by atoms with Gasteiger partial charge in [-0.1, -0.05) is 35.3 Å². The standard InChI is InChI=1S/C23H17Cl2NO4/c1-13-9-16(25)6-8-18(13)30-22-21(14-5-7-19-20(10-14)29-12-28-19)26(23(22)27)17-4-2-3-15(24)11-17/h2-11,21-22H,12H2,1H3/t21-,22-/m0/s1. The van der Waals surface area contributed by atoms with E-state index < -0.39 is 6.10 Å². The lowest BCUT2D eigenvalue weighted by atomic mass is 9.89. The maximum absolute atomic E-state index is 13.1. The number of amides is 1. The molecule has 0 aliphatic carbocycles. The zero-order chi connectivity index (χ0) is 20.8. The lowest BCUT2D eigenvalue weighted by Crippen LogP contribution is -2.61. The first kappa shape index (κ1) is 19.1. The van der Waals surface area contributed by atoms with Gasteiger partial charge in [-0.05, 0) is 66.6 Å². The van der Waals surface area contributed by atoms with Gasteiger partial charge in [-0.25, -0.2) is 0 Å². The average Bonchev–Trinajstić information content (AvgIpc) is 3.19. The molecule has 0 spiro atoms.